The molecule has 0 bridgehead atoms. The van der Waals surface area contributed by atoms with Gasteiger partial charge in [-0.25, -0.2) is 4.79 Å². The van der Waals surface area contributed by atoms with Crippen LogP contribution in [0.25, 0.3) is 0 Å². The van der Waals surface area contributed by atoms with Crippen LogP contribution in [-0.4, -0.2) is 164 Å². The number of rotatable bonds is 13. The Kier molecular flexibility index (Phi) is 13.9. The van der Waals surface area contributed by atoms with Crippen LogP contribution in [0.3, 0.4) is 0 Å². The molecule has 280 valence electrons. The maximum Gasteiger partial charge on any atom is 0.337 e. The molecule has 2 fully saturated rings. The molecule has 1 aromatic carbocycles. The van der Waals surface area contributed by atoms with E-state index in [2.05, 4.69) is 0 Å². The van der Waals surface area contributed by atoms with Crippen LogP contribution in [0.15, 0.2) is 41.7 Å². The first-order chi connectivity index (χ1) is 23.8. The molecular weight excluding hydrogens is 676 g/mol. The van der Waals surface area contributed by atoms with Crippen LogP contribution in [0.4, 0.5) is 0 Å². The number of benzene rings is 1. The van der Waals surface area contributed by atoms with E-state index in [1.165, 1.54) is 24.3 Å². The molecule has 12 atom stereocenters. The van der Waals surface area contributed by atoms with Crippen molar-refractivity contribution >= 4 is 11.9 Å². The van der Waals surface area contributed by atoms with Gasteiger partial charge in [0.2, 0.25) is 12.6 Å². The molecule has 19 nitrogen and oxygen atoms in total. The predicted molar refractivity (Wildman–Crippen MR) is 160 cm³/mol. The maximum absolute atomic E-state index is 13.0. The number of aromatic hydroxyl groups is 1. The third-order valence-corrected chi connectivity index (χ3v) is 8.36. The van der Waals surface area contributed by atoms with E-state index in [1.807, 2.05) is 0 Å². The van der Waals surface area contributed by atoms with E-state index in [1.54, 1.807) is 0 Å². The van der Waals surface area contributed by atoms with E-state index in [4.69, 9.17) is 33.2 Å². The summed E-state index contributed by atoms with van der Waals surface area (Å²) in [6.45, 7) is -2.20. The third kappa shape index (κ3) is 8.88. The summed E-state index contributed by atoms with van der Waals surface area (Å²) in [6.07, 6.45) is -15.6. The van der Waals surface area contributed by atoms with Crippen molar-refractivity contribution in [2.24, 2.45) is 5.92 Å². The molecule has 3 aliphatic rings. The highest BCUT2D eigenvalue weighted by Crippen LogP contribution is 2.36. The second-order valence-corrected chi connectivity index (χ2v) is 11.6. The van der Waals surface area contributed by atoms with E-state index in [-0.39, 0.29) is 29.9 Å². The fourth-order valence-corrected chi connectivity index (χ4v) is 5.55. The topological polar surface area (TPSA) is 301 Å². The zero-order valence-corrected chi connectivity index (χ0v) is 26.7. The van der Waals surface area contributed by atoms with Crippen molar-refractivity contribution in [2.75, 3.05) is 33.5 Å². The molecule has 19 heteroatoms. The monoisotopic (exact) mass is 718 g/mol. The summed E-state index contributed by atoms with van der Waals surface area (Å²) in [7, 11) is 1.10. The molecule has 0 aromatic heterocycles. The van der Waals surface area contributed by atoms with Gasteiger partial charge in [0.15, 0.2) is 17.8 Å². The Balaban J connectivity index is 1.39. The predicted octanol–water partition coefficient (Wildman–Crippen LogP) is -4.19. The lowest BCUT2D eigenvalue weighted by Gasteiger charge is -2.41. The number of esters is 2. The number of aliphatic hydroxyl groups excluding tert-OH is 9. The summed E-state index contributed by atoms with van der Waals surface area (Å²) in [5.74, 6) is -3.37. The minimum atomic E-state index is -1.80. The average Bonchev–Trinajstić information content (AvgIpc) is 3.10. The zero-order valence-electron chi connectivity index (χ0n) is 26.7. The van der Waals surface area contributed by atoms with Gasteiger partial charge < -0.3 is 84.2 Å². The Hall–Kier alpha value is -3.44. The molecule has 0 spiro atoms. The number of aliphatic hydroxyl groups is 9. The normalized spacial score (nSPS) is 35.2. The van der Waals surface area contributed by atoms with Gasteiger partial charge in [-0.1, -0.05) is 12.1 Å². The lowest BCUT2D eigenvalue weighted by atomic mass is 9.86. The van der Waals surface area contributed by atoms with Crippen molar-refractivity contribution < 1.29 is 93.8 Å². The highest BCUT2D eigenvalue weighted by atomic mass is 16.8. The molecule has 50 heavy (non-hydrogen) atoms. The van der Waals surface area contributed by atoms with Crippen molar-refractivity contribution in [1.82, 2.24) is 0 Å². The van der Waals surface area contributed by atoms with Crippen molar-refractivity contribution in [3.8, 4) is 11.5 Å². The molecular formula is C31H42O19. The second kappa shape index (κ2) is 17.7. The Bertz CT molecular complexity index is 1360. The minimum absolute atomic E-state index is 0.0317. The molecule has 2 saturated heterocycles. The average molecular weight is 719 g/mol. The summed E-state index contributed by atoms with van der Waals surface area (Å²) in [6, 6.07) is 4.12. The van der Waals surface area contributed by atoms with Crippen molar-refractivity contribution in [1.29, 1.82) is 0 Å². The molecule has 0 saturated carbocycles. The third-order valence-electron chi connectivity index (χ3n) is 8.36. The van der Waals surface area contributed by atoms with E-state index < -0.39 is 118 Å². The number of hydrogen-bond acceptors (Lipinski definition) is 19. The van der Waals surface area contributed by atoms with Crippen molar-refractivity contribution in [3.05, 3.63) is 47.2 Å². The molecule has 0 unspecified atom stereocenters. The SMILES string of the molecule is COC(=O)C1=CO[C@@H](O[C@@H]2O[C@H](CO)[C@@H](O)[C@H](O)[C@H]2O)/C(=C/CO)[C@@H]1CC(=O)OCCc1ccc(O[C@@H]2O[C@H](CO)[C@@H](O)[C@H](O)[C@H]2O)c(O)c1. The number of hydrogen-bond donors (Lipinski definition) is 10. The zero-order chi connectivity index (χ0) is 36.7. The molecule has 3 heterocycles. The number of ether oxygens (including phenoxy) is 7. The Morgan fingerprint density at radius 1 is 0.860 bits per heavy atom. The molecule has 3 aliphatic heterocycles. The maximum atomic E-state index is 13.0. The Morgan fingerprint density at radius 3 is 2.06 bits per heavy atom. The molecule has 0 aliphatic carbocycles. The number of methoxy groups -OCH3 is 1. The highest BCUT2D eigenvalue weighted by Gasteiger charge is 2.47. The fourth-order valence-electron chi connectivity index (χ4n) is 5.55. The summed E-state index contributed by atoms with van der Waals surface area (Å²) in [4.78, 5) is 25.6. The Labute approximate surface area is 284 Å². The first-order valence-electron chi connectivity index (χ1n) is 15.5. The summed E-state index contributed by atoms with van der Waals surface area (Å²) in [5, 5.41) is 99.7. The van der Waals surface area contributed by atoms with Crippen LogP contribution < -0.4 is 4.74 Å². The first kappa shape index (κ1) is 39.3. The van der Waals surface area contributed by atoms with Crippen molar-refractivity contribution in [3.63, 3.8) is 0 Å². The first-order valence-corrected chi connectivity index (χ1v) is 15.5. The van der Waals surface area contributed by atoms with Crippen LogP contribution in [0.1, 0.15) is 12.0 Å². The van der Waals surface area contributed by atoms with Crippen molar-refractivity contribution in [2.45, 2.75) is 80.5 Å². The quantitative estimate of drug-likeness (QED) is 0.0683. The van der Waals surface area contributed by atoms with E-state index in [0.29, 0.717) is 5.56 Å². The van der Waals surface area contributed by atoms with Crippen LogP contribution in [-0.2, 0) is 44.4 Å². The van der Waals surface area contributed by atoms with Gasteiger partial charge >= 0.3 is 11.9 Å². The van der Waals surface area contributed by atoms with Gasteiger partial charge in [-0.15, -0.1) is 0 Å². The largest absolute Gasteiger partial charge is 0.504 e. The van der Waals surface area contributed by atoms with Crippen LogP contribution in [0.2, 0.25) is 0 Å². The second-order valence-electron chi connectivity index (χ2n) is 11.6. The van der Waals surface area contributed by atoms with Gasteiger partial charge in [0.25, 0.3) is 0 Å². The Morgan fingerprint density at radius 2 is 1.48 bits per heavy atom. The molecule has 4 rings (SSSR count). The standard InChI is InChI=1S/C31H42O19/c1-44-28(43)16-12-46-29(50-31-27(42)25(40)23(38)20(11-34)49-31)14(4-6-32)15(16)9-21(36)45-7-5-13-2-3-18(17(35)8-13)47-30-26(41)24(39)22(37)19(10-33)48-30/h2-4,8,12,15,19-20,22-27,29-35,37-42H,5-7,9-11H2,1H3/b14-4+/t15-,19+,20+,22+,23+,24-,25-,26+,27+,29-,30+,31-/m0/s1. The molecule has 10 N–H and O–H groups in total. The number of carbonyl (C=O) groups is 2. The van der Waals surface area contributed by atoms with E-state index >= 15 is 0 Å². The van der Waals surface area contributed by atoms with Crippen LogP contribution in [0.5, 0.6) is 11.5 Å². The van der Waals surface area contributed by atoms with E-state index in [0.717, 1.165) is 13.4 Å². The van der Waals surface area contributed by atoms with Gasteiger partial charge in [0, 0.05) is 17.9 Å². The van der Waals surface area contributed by atoms with Crippen LogP contribution in [0, 0.1) is 5.92 Å². The number of carbonyl (C=O) groups excluding carboxylic acids is 2. The highest BCUT2D eigenvalue weighted by molar-refractivity contribution is 5.90. The summed E-state index contributed by atoms with van der Waals surface area (Å²) >= 11 is 0. The van der Waals surface area contributed by atoms with Gasteiger partial charge in [-0.3, -0.25) is 4.79 Å². The minimum Gasteiger partial charge on any atom is -0.504 e. The number of phenolic OH excluding ortho intramolecular Hbond substituents is 1. The lowest BCUT2D eigenvalue weighted by Crippen LogP contribution is -2.60. The van der Waals surface area contributed by atoms with Crippen LogP contribution >= 0.6 is 0 Å². The van der Waals surface area contributed by atoms with E-state index in [9.17, 15) is 60.7 Å². The smallest absolute Gasteiger partial charge is 0.337 e. The van der Waals surface area contributed by atoms with Gasteiger partial charge in [0.1, 0.15) is 48.8 Å². The number of phenols is 1. The summed E-state index contributed by atoms with van der Waals surface area (Å²) < 4.78 is 37.4. The van der Waals surface area contributed by atoms with Gasteiger partial charge in [-0.2, -0.15) is 0 Å². The summed E-state index contributed by atoms with van der Waals surface area (Å²) in [5.41, 5.74) is 0.369. The molecule has 0 radical (unpaired) electrons. The lowest BCUT2D eigenvalue weighted by molar-refractivity contribution is -0.327. The van der Waals surface area contributed by atoms with Gasteiger partial charge in [0.05, 0.1) is 51.8 Å². The molecule has 0 amide bonds. The van der Waals surface area contributed by atoms with Gasteiger partial charge in [-0.05, 0) is 17.7 Å². The fraction of sp³-hybridized carbons (Fsp3) is 0.613. The molecule has 1 aromatic rings.